The van der Waals surface area contributed by atoms with E-state index in [1.807, 2.05) is 30.3 Å². The zero-order valence-corrected chi connectivity index (χ0v) is 12.3. The third-order valence-electron chi connectivity index (χ3n) is 2.45. The summed E-state index contributed by atoms with van der Waals surface area (Å²) < 4.78 is 4.81. The van der Waals surface area contributed by atoms with Crippen LogP contribution in [0.5, 0.6) is 0 Å². The number of carbonyl (C=O) groups excluding carboxylic acids is 2. The van der Waals surface area contributed by atoms with Gasteiger partial charge in [-0.05, 0) is 31.2 Å². The lowest BCUT2D eigenvalue weighted by atomic mass is 10.2. The molecule has 0 radical (unpaired) electrons. The minimum Gasteiger partial charge on any atom is -0.465 e. The van der Waals surface area contributed by atoms with Gasteiger partial charge in [-0.3, -0.25) is 9.59 Å². The Labute approximate surface area is 123 Å². The molecule has 0 aromatic heterocycles. The van der Waals surface area contributed by atoms with Crippen LogP contribution in [0.3, 0.4) is 0 Å². The van der Waals surface area contributed by atoms with Crippen molar-refractivity contribution in [2.75, 3.05) is 23.4 Å². The van der Waals surface area contributed by atoms with Gasteiger partial charge in [-0.25, -0.2) is 0 Å². The molecule has 0 saturated carbocycles. The monoisotopic (exact) mass is 296 g/mol. The molecule has 0 fully saturated rings. The number of anilines is 1. The van der Waals surface area contributed by atoms with Gasteiger partial charge in [0.2, 0.25) is 5.91 Å². The number of ether oxygens (including phenoxy) is 1. The average molecular weight is 296 g/mol. The van der Waals surface area contributed by atoms with Gasteiger partial charge < -0.3 is 15.8 Å². The Hall–Kier alpha value is -1.53. The van der Waals surface area contributed by atoms with E-state index in [0.29, 0.717) is 24.5 Å². The van der Waals surface area contributed by atoms with Crippen molar-refractivity contribution < 1.29 is 14.3 Å². The van der Waals surface area contributed by atoms with Crippen LogP contribution in [0.15, 0.2) is 30.3 Å². The molecule has 1 aromatic carbocycles. The van der Waals surface area contributed by atoms with E-state index in [2.05, 4.69) is 5.32 Å². The van der Waals surface area contributed by atoms with Crippen LogP contribution in [0.25, 0.3) is 0 Å². The number of para-hydroxylation sites is 1. The largest absolute Gasteiger partial charge is 0.465 e. The Morgan fingerprint density at radius 1 is 1.35 bits per heavy atom. The molecule has 110 valence electrons. The Balaban J connectivity index is 2.15. The third-order valence-corrected chi connectivity index (χ3v) is 3.44. The van der Waals surface area contributed by atoms with Crippen molar-refractivity contribution in [3.63, 3.8) is 0 Å². The number of esters is 1. The van der Waals surface area contributed by atoms with Crippen molar-refractivity contribution in [1.82, 2.24) is 0 Å². The minimum absolute atomic E-state index is 0.0640. The number of nitrogens with one attached hydrogen (secondary N) is 1. The van der Waals surface area contributed by atoms with Crippen LogP contribution in [0.2, 0.25) is 0 Å². The average Bonchev–Trinajstić information content (AvgIpc) is 2.44. The van der Waals surface area contributed by atoms with Crippen LogP contribution in [0.4, 0.5) is 5.69 Å². The van der Waals surface area contributed by atoms with Crippen molar-refractivity contribution in [1.29, 1.82) is 0 Å². The lowest BCUT2D eigenvalue weighted by Gasteiger charge is -2.10. The van der Waals surface area contributed by atoms with Gasteiger partial charge >= 0.3 is 5.97 Å². The zero-order valence-electron chi connectivity index (χ0n) is 11.5. The summed E-state index contributed by atoms with van der Waals surface area (Å²) in [4.78, 5) is 22.9. The predicted octanol–water partition coefficient (Wildman–Crippen LogP) is 1.64. The van der Waals surface area contributed by atoms with E-state index in [9.17, 15) is 9.59 Å². The highest BCUT2D eigenvalue weighted by Gasteiger charge is 2.14. The van der Waals surface area contributed by atoms with Gasteiger partial charge in [0.1, 0.15) is 6.04 Å². The smallest absolute Gasteiger partial charge is 0.322 e. The number of carbonyl (C=O) groups is 2. The van der Waals surface area contributed by atoms with E-state index < -0.39 is 6.04 Å². The standard InChI is InChI=1S/C14H20N2O3S/c1-2-19-14(18)12(15)8-9-20-10-13(17)16-11-6-4-3-5-7-11/h3-7,12H,2,8-10,15H2,1H3,(H,16,17). The molecule has 0 aliphatic rings. The van der Waals surface area contributed by atoms with Gasteiger partial charge in [0.15, 0.2) is 0 Å². The molecule has 3 N–H and O–H groups in total. The molecule has 20 heavy (non-hydrogen) atoms. The van der Waals surface area contributed by atoms with Gasteiger partial charge in [-0.2, -0.15) is 11.8 Å². The second-order valence-electron chi connectivity index (χ2n) is 4.11. The number of thioether (sulfide) groups is 1. The number of nitrogens with two attached hydrogens (primary N) is 1. The highest BCUT2D eigenvalue weighted by atomic mass is 32.2. The second kappa shape index (κ2) is 9.39. The first-order chi connectivity index (χ1) is 9.63. The van der Waals surface area contributed by atoms with Crippen LogP contribution in [-0.4, -0.2) is 36.0 Å². The maximum atomic E-state index is 11.6. The Bertz CT molecular complexity index is 426. The molecule has 1 atom stereocenters. The predicted molar refractivity (Wildman–Crippen MR) is 81.6 cm³/mol. The second-order valence-corrected chi connectivity index (χ2v) is 5.22. The van der Waals surface area contributed by atoms with Crippen LogP contribution in [0, 0.1) is 0 Å². The molecule has 0 aliphatic heterocycles. The summed E-state index contributed by atoms with van der Waals surface area (Å²) in [5.74, 6) is 0.528. The molecule has 1 rings (SSSR count). The molecule has 6 heteroatoms. The number of hydrogen-bond donors (Lipinski definition) is 2. The van der Waals surface area contributed by atoms with Gasteiger partial charge in [0, 0.05) is 5.69 Å². The highest BCUT2D eigenvalue weighted by Crippen LogP contribution is 2.08. The molecular weight excluding hydrogens is 276 g/mol. The van der Waals surface area contributed by atoms with E-state index >= 15 is 0 Å². The number of amides is 1. The maximum absolute atomic E-state index is 11.6. The fourth-order valence-corrected chi connectivity index (χ4v) is 2.28. The summed E-state index contributed by atoms with van der Waals surface area (Å²) in [7, 11) is 0. The lowest BCUT2D eigenvalue weighted by molar-refractivity contribution is -0.144. The van der Waals surface area contributed by atoms with E-state index in [-0.39, 0.29) is 11.9 Å². The molecule has 0 aliphatic carbocycles. The first-order valence-electron chi connectivity index (χ1n) is 6.48. The summed E-state index contributed by atoms with van der Waals surface area (Å²) in [5, 5.41) is 2.79. The van der Waals surface area contributed by atoms with Crippen molar-refractivity contribution >= 4 is 29.3 Å². The first-order valence-corrected chi connectivity index (χ1v) is 7.63. The van der Waals surface area contributed by atoms with E-state index in [4.69, 9.17) is 10.5 Å². The number of hydrogen-bond acceptors (Lipinski definition) is 5. The van der Waals surface area contributed by atoms with Gasteiger partial charge in [0.25, 0.3) is 0 Å². The maximum Gasteiger partial charge on any atom is 0.322 e. The molecule has 0 bridgehead atoms. The quantitative estimate of drug-likeness (QED) is 0.563. The van der Waals surface area contributed by atoms with Crippen molar-refractivity contribution in [2.45, 2.75) is 19.4 Å². The van der Waals surface area contributed by atoms with E-state index in [0.717, 1.165) is 5.69 Å². The van der Waals surface area contributed by atoms with E-state index in [1.165, 1.54) is 11.8 Å². The Morgan fingerprint density at radius 2 is 2.05 bits per heavy atom. The van der Waals surface area contributed by atoms with Crippen molar-refractivity contribution in [2.24, 2.45) is 5.73 Å². The molecule has 0 saturated heterocycles. The van der Waals surface area contributed by atoms with E-state index in [1.54, 1.807) is 6.92 Å². The fraction of sp³-hybridized carbons (Fsp3) is 0.429. The Kier molecular flexibility index (Phi) is 7.75. The van der Waals surface area contributed by atoms with Crippen molar-refractivity contribution in [3.8, 4) is 0 Å². The SMILES string of the molecule is CCOC(=O)C(N)CCSCC(=O)Nc1ccccc1. The summed E-state index contributed by atoms with van der Waals surface area (Å²) >= 11 is 1.44. The zero-order chi connectivity index (χ0) is 14.8. The fourth-order valence-electron chi connectivity index (χ4n) is 1.46. The van der Waals surface area contributed by atoms with Crippen LogP contribution in [0.1, 0.15) is 13.3 Å². The van der Waals surface area contributed by atoms with Crippen LogP contribution >= 0.6 is 11.8 Å². The summed E-state index contributed by atoms with van der Waals surface area (Å²) in [5.41, 5.74) is 6.43. The topological polar surface area (TPSA) is 81.4 Å². The highest BCUT2D eigenvalue weighted by molar-refractivity contribution is 7.99. The molecule has 0 heterocycles. The molecule has 0 spiro atoms. The summed E-state index contributed by atoms with van der Waals surface area (Å²) in [6.07, 6.45) is 0.502. The summed E-state index contributed by atoms with van der Waals surface area (Å²) in [6.45, 7) is 2.08. The molecule has 1 aromatic rings. The summed E-state index contributed by atoms with van der Waals surface area (Å²) in [6, 6.07) is 8.67. The van der Waals surface area contributed by atoms with Crippen molar-refractivity contribution in [3.05, 3.63) is 30.3 Å². The van der Waals surface area contributed by atoms with Crippen LogP contribution in [-0.2, 0) is 14.3 Å². The molecule has 5 nitrogen and oxygen atoms in total. The first kappa shape index (κ1) is 16.5. The third kappa shape index (κ3) is 6.58. The van der Waals surface area contributed by atoms with Gasteiger partial charge in [-0.15, -0.1) is 0 Å². The van der Waals surface area contributed by atoms with Gasteiger partial charge in [-0.1, -0.05) is 18.2 Å². The Morgan fingerprint density at radius 3 is 2.70 bits per heavy atom. The van der Waals surface area contributed by atoms with Gasteiger partial charge in [0.05, 0.1) is 12.4 Å². The molecule has 1 amide bonds. The van der Waals surface area contributed by atoms with Crippen LogP contribution < -0.4 is 11.1 Å². The number of rotatable bonds is 8. The minimum atomic E-state index is -0.611. The number of benzene rings is 1. The lowest BCUT2D eigenvalue weighted by Crippen LogP contribution is -2.32. The normalized spacial score (nSPS) is 11.7. The molecule has 1 unspecified atom stereocenters. The molecular formula is C14H20N2O3S.